The van der Waals surface area contributed by atoms with Crippen LogP contribution in [0.15, 0.2) is 24.5 Å². The number of pyridine rings is 1. The maximum Gasteiger partial charge on any atom is 0.340 e. The highest BCUT2D eigenvalue weighted by molar-refractivity contribution is 5.95. The van der Waals surface area contributed by atoms with Crippen LogP contribution in [0.25, 0.3) is 11.4 Å². The van der Waals surface area contributed by atoms with Crippen LogP contribution in [0.1, 0.15) is 10.4 Å². The average Bonchev–Trinajstić information content (AvgIpc) is 2.58. The number of hydrogen-bond donors (Lipinski definition) is 0. The van der Waals surface area contributed by atoms with Crippen molar-refractivity contribution in [2.24, 2.45) is 0 Å². The third-order valence-corrected chi connectivity index (χ3v) is 2.64. The van der Waals surface area contributed by atoms with Gasteiger partial charge < -0.3 is 14.2 Å². The van der Waals surface area contributed by atoms with E-state index in [4.69, 9.17) is 19.5 Å². The standard InChI is InChI=1S/C14H12N4O4/c1-20-11-7-12(22-6-4-15)18-13(17-11)9-3-5-16-8-10(9)14(19)21-2/h3,5,7-8H,6H2,1-2H3. The molecule has 0 amide bonds. The van der Waals surface area contributed by atoms with E-state index in [9.17, 15) is 4.79 Å². The molecule has 8 nitrogen and oxygen atoms in total. The summed E-state index contributed by atoms with van der Waals surface area (Å²) in [6.45, 7) is -0.167. The van der Waals surface area contributed by atoms with Gasteiger partial charge in [0.15, 0.2) is 12.4 Å². The third kappa shape index (κ3) is 3.27. The van der Waals surface area contributed by atoms with Crippen molar-refractivity contribution in [1.29, 1.82) is 5.26 Å². The van der Waals surface area contributed by atoms with E-state index in [1.54, 1.807) is 6.07 Å². The largest absolute Gasteiger partial charge is 0.481 e. The highest BCUT2D eigenvalue weighted by Gasteiger charge is 2.17. The lowest BCUT2D eigenvalue weighted by molar-refractivity contribution is 0.0601. The molecule has 0 saturated heterocycles. The zero-order valence-corrected chi connectivity index (χ0v) is 11.9. The number of nitrogens with zero attached hydrogens (tertiary/aromatic N) is 4. The van der Waals surface area contributed by atoms with Gasteiger partial charge in [-0.25, -0.2) is 4.79 Å². The molecule has 0 bridgehead atoms. The second-order valence-electron chi connectivity index (χ2n) is 3.93. The third-order valence-electron chi connectivity index (χ3n) is 2.64. The molecular formula is C14H12N4O4. The molecule has 2 heterocycles. The maximum absolute atomic E-state index is 11.8. The Morgan fingerprint density at radius 3 is 2.77 bits per heavy atom. The van der Waals surface area contributed by atoms with Crippen LogP contribution in [0.3, 0.4) is 0 Å². The molecule has 2 aromatic rings. The summed E-state index contributed by atoms with van der Waals surface area (Å²) >= 11 is 0. The first-order valence-electron chi connectivity index (χ1n) is 6.15. The molecule has 2 rings (SSSR count). The number of aromatic nitrogens is 3. The Morgan fingerprint density at radius 2 is 2.09 bits per heavy atom. The van der Waals surface area contributed by atoms with Crippen molar-refractivity contribution in [2.75, 3.05) is 20.8 Å². The second kappa shape index (κ2) is 6.99. The summed E-state index contributed by atoms with van der Waals surface area (Å²) in [6.07, 6.45) is 2.86. The van der Waals surface area contributed by atoms with Crippen molar-refractivity contribution in [2.45, 2.75) is 0 Å². The fraction of sp³-hybridized carbons (Fsp3) is 0.214. The fourth-order valence-corrected chi connectivity index (χ4v) is 1.67. The van der Waals surface area contributed by atoms with E-state index in [0.29, 0.717) is 5.56 Å². The van der Waals surface area contributed by atoms with Gasteiger partial charge in [0.05, 0.1) is 25.8 Å². The number of esters is 1. The first kappa shape index (κ1) is 15.2. The van der Waals surface area contributed by atoms with E-state index in [2.05, 4.69) is 15.0 Å². The van der Waals surface area contributed by atoms with Crippen LogP contribution in [0.2, 0.25) is 0 Å². The van der Waals surface area contributed by atoms with Crippen LogP contribution in [0.5, 0.6) is 11.8 Å². The van der Waals surface area contributed by atoms with E-state index in [1.165, 1.54) is 32.7 Å². The van der Waals surface area contributed by atoms with Crippen molar-refractivity contribution in [1.82, 2.24) is 15.0 Å². The van der Waals surface area contributed by atoms with Crippen molar-refractivity contribution in [3.63, 3.8) is 0 Å². The highest BCUT2D eigenvalue weighted by Crippen LogP contribution is 2.25. The summed E-state index contributed by atoms with van der Waals surface area (Å²) in [5.41, 5.74) is 0.632. The predicted octanol–water partition coefficient (Wildman–Crippen LogP) is 1.24. The first-order chi connectivity index (χ1) is 10.7. The summed E-state index contributed by atoms with van der Waals surface area (Å²) in [5, 5.41) is 8.57. The molecule has 0 aliphatic heterocycles. The molecule has 0 fully saturated rings. The SMILES string of the molecule is COC(=O)c1cnccc1-c1nc(OC)cc(OCC#N)n1. The Morgan fingerprint density at radius 1 is 1.32 bits per heavy atom. The van der Waals surface area contributed by atoms with Crippen molar-refractivity contribution < 1.29 is 19.0 Å². The summed E-state index contributed by atoms with van der Waals surface area (Å²) in [4.78, 5) is 24.0. The van der Waals surface area contributed by atoms with Gasteiger partial charge in [-0.15, -0.1) is 0 Å². The Bertz CT molecular complexity index is 727. The number of carbonyl (C=O) groups excluding carboxylic acids is 1. The Hall–Kier alpha value is -3.21. The van der Waals surface area contributed by atoms with Gasteiger partial charge in [-0.05, 0) is 6.07 Å². The van der Waals surface area contributed by atoms with E-state index in [0.717, 1.165) is 0 Å². The van der Waals surface area contributed by atoms with Gasteiger partial charge >= 0.3 is 5.97 Å². The fourth-order valence-electron chi connectivity index (χ4n) is 1.67. The quantitative estimate of drug-likeness (QED) is 0.759. The smallest absolute Gasteiger partial charge is 0.340 e. The summed E-state index contributed by atoms with van der Waals surface area (Å²) in [5.74, 6) is 0.0469. The van der Waals surface area contributed by atoms with E-state index in [-0.39, 0.29) is 29.8 Å². The van der Waals surface area contributed by atoms with Crippen molar-refractivity contribution in [3.05, 3.63) is 30.1 Å². The Kier molecular flexibility index (Phi) is 4.82. The lowest BCUT2D eigenvalue weighted by Gasteiger charge is -2.09. The maximum atomic E-state index is 11.8. The number of hydrogen-bond acceptors (Lipinski definition) is 8. The molecule has 112 valence electrons. The van der Waals surface area contributed by atoms with E-state index in [1.807, 2.05) is 6.07 Å². The molecule has 0 spiro atoms. The van der Waals surface area contributed by atoms with Crippen molar-refractivity contribution >= 4 is 5.97 Å². The molecule has 22 heavy (non-hydrogen) atoms. The van der Waals surface area contributed by atoms with E-state index >= 15 is 0 Å². The van der Waals surface area contributed by atoms with Gasteiger partial charge in [0.25, 0.3) is 0 Å². The van der Waals surface area contributed by atoms with Crippen LogP contribution in [-0.4, -0.2) is 41.7 Å². The van der Waals surface area contributed by atoms with Crippen molar-refractivity contribution in [3.8, 4) is 29.2 Å². The molecule has 0 N–H and O–H groups in total. The molecule has 0 aliphatic carbocycles. The Balaban J connectivity index is 2.52. The first-order valence-corrected chi connectivity index (χ1v) is 6.15. The number of methoxy groups -OCH3 is 2. The highest BCUT2D eigenvalue weighted by atomic mass is 16.5. The topological polar surface area (TPSA) is 107 Å². The van der Waals surface area contributed by atoms with Crippen LogP contribution >= 0.6 is 0 Å². The number of carbonyl (C=O) groups is 1. The molecule has 0 saturated carbocycles. The zero-order chi connectivity index (χ0) is 15.9. The minimum atomic E-state index is -0.561. The molecule has 2 aromatic heterocycles. The number of rotatable bonds is 5. The van der Waals surface area contributed by atoms with Crippen LogP contribution in [0, 0.1) is 11.3 Å². The molecule has 0 aliphatic rings. The zero-order valence-electron chi connectivity index (χ0n) is 11.9. The lowest BCUT2D eigenvalue weighted by atomic mass is 10.1. The van der Waals surface area contributed by atoms with E-state index < -0.39 is 5.97 Å². The molecule has 0 radical (unpaired) electrons. The minimum absolute atomic E-state index is 0.163. The van der Waals surface area contributed by atoms with Gasteiger partial charge in [-0.3, -0.25) is 4.98 Å². The van der Waals surface area contributed by atoms with Crippen LogP contribution < -0.4 is 9.47 Å². The Labute approximate surface area is 126 Å². The van der Waals surface area contributed by atoms with Gasteiger partial charge in [0.1, 0.15) is 6.07 Å². The van der Waals surface area contributed by atoms with Gasteiger partial charge in [-0.2, -0.15) is 15.2 Å². The molecule has 0 atom stereocenters. The second-order valence-corrected chi connectivity index (χ2v) is 3.93. The van der Waals surface area contributed by atoms with Crippen LogP contribution in [0.4, 0.5) is 0 Å². The molecular weight excluding hydrogens is 288 g/mol. The molecule has 0 aromatic carbocycles. The van der Waals surface area contributed by atoms with Gasteiger partial charge in [-0.1, -0.05) is 0 Å². The van der Waals surface area contributed by atoms with Crippen LogP contribution in [-0.2, 0) is 4.74 Å². The molecule has 8 heteroatoms. The summed E-state index contributed by atoms with van der Waals surface area (Å²) in [6, 6.07) is 4.87. The summed E-state index contributed by atoms with van der Waals surface area (Å²) in [7, 11) is 2.71. The van der Waals surface area contributed by atoms with Gasteiger partial charge in [0, 0.05) is 18.0 Å². The average molecular weight is 300 g/mol. The monoisotopic (exact) mass is 300 g/mol. The van der Waals surface area contributed by atoms with Gasteiger partial charge in [0.2, 0.25) is 11.8 Å². The lowest BCUT2D eigenvalue weighted by Crippen LogP contribution is -2.07. The minimum Gasteiger partial charge on any atom is -0.481 e. The normalized spacial score (nSPS) is 9.68. The molecule has 0 unspecified atom stereocenters. The summed E-state index contributed by atoms with van der Waals surface area (Å²) < 4.78 is 15.0. The predicted molar refractivity (Wildman–Crippen MR) is 74.3 cm³/mol. The number of ether oxygens (including phenoxy) is 3. The number of nitriles is 1.